The molecule has 4 N–H and O–H groups in total. The first-order valence-electron chi connectivity index (χ1n) is 5.58. The molecule has 0 saturated carbocycles. The van der Waals surface area contributed by atoms with E-state index in [4.69, 9.17) is 10.5 Å². The molecule has 0 heterocycles. The topological polar surface area (TPSA) is 102 Å². The summed E-state index contributed by atoms with van der Waals surface area (Å²) < 4.78 is 4.99. The minimum absolute atomic E-state index is 0.180. The number of carbonyl (C=O) groups excluding carboxylic acids is 2. The lowest BCUT2D eigenvalue weighted by Crippen LogP contribution is -2.45. The van der Waals surface area contributed by atoms with E-state index in [1.54, 1.807) is 20.8 Å². The molecule has 0 aromatic carbocycles. The minimum atomic E-state index is -1.15. The number of alkyl carbamates (subject to hydrolysis) is 1. The molecule has 0 aliphatic carbocycles. The Kier molecular flexibility index (Phi) is 6.12. The van der Waals surface area contributed by atoms with E-state index in [1.807, 2.05) is 0 Å². The third kappa shape index (κ3) is 6.91. The summed E-state index contributed by atoms with van der Waals surface area (Å²) in [5.41, 5.74) is 4.61. The highest BCUT2D eigenvalue weighted by molar-refractivity contribution is 5.90. The number of hydrogen-bond acceptors (Lipinski definition) is 5. The van der Waals surface area contributed by atoms with Crippen molar-refractivity contribution in [1.82, 2.24) is 5.32 Å². The molecule has 17 heavy (non-hydrogen) atoms. The van der Waals surface area contributed by atoms with Gasteiger partial charge in [-0.1, -0.05) is 0 Å². The SMILES string of the molecule is C[C@@H](NC(=O)OC(C)(C)C)C(=O)C(O)CCN. The Morgan fingerprint density at radius 1 is 1.41 bits per heavy atom. The van der Waals surface area contributed by atoms with Crippen LogP contribution in [0.1, 0.15) is 34.1 Å². The van der Waals surface area contributed by atoms with Crippen LogP contribution in [0.3, 0.4) is 0 Å². The second kappa shape index (κ2) is 6.56. The predicted molar refractivity (Wildman–Crippen MR) is 63.5 cm³/mol. The van der Waals surface area contributed by atoms with Gasteiger partial charge in [-0.15, -0.1) is 0 Å². The van der Waals surface area contributed by atoms with Gasteiger partial charge in [0.25, 0.3) is 0 Å². The number of hydrogen-bond donors (Lipinski definition) is 3. The van der Waals surface area contributed by atoms with Crippen molar-refractivity contribution in [2.75, 3.05) is 6.54 Å². The number of nitrogens with one attached hydrogen (secondary N) is 1. The average Bonchev–Trinajstić information content (AvgIpc) is 2.13. The summed E-state index contributed by atoms with van der Waals surface area (Å²) in [6.45, 7) is 6.88. The summed E-state index contributed by atoms with van der Waals surface area (Å²) in [6, 6.07) is -0.800. The van der Waals surface area contributed by atoms with Gasteiger partial charge in [-0.3, -0.25) is 4.79 Å². The first-order valence-corrected chi connectivity index (χ1v) is 5.58. The zero-order valence-corrected chi connectivity index (χ0v) is 10.8. The van der Waals surface area contributed by atoms with Crippen LogP contribution in [0, 0.1) is 0 Å². The maximum absolute atomic E-state index is 11.6. The van der Waals surface area contributed by atoms with Gasteiger partial charge in [0.05, 0.1) is 6.04 Å². The van der Waals surface area contributed by atoms with Crippen molar-refractivity contribution in [3.05, 3.63) is 0 Å². The first-order chi connectivity index (χ1) is 7.67. The molecule has 0 aliphatic heterocycles. The number of aliphatic hydroxyl groups excluding tert-OH is 1. The fourth-order valence-electron chi connectivity index (χ4n) is 1.14. The van der Waals surface area contributed by atoms with Gasteiger partial charge in [0, 0.05) is 0 Å². The summed E-state index contributed by atoms with van der Waals surface area (Å²) in [6.07, 6.45) is -1.65. The Labute approximate surface area is 102 Å². The molecule has 0 fully saturated rings. The zero-order valence-electron chi connectivity index (χ0n) is 10.8. The number of Topliss-reactive ketones (excluding diaryl/α,β-unsaturated/α-hetero) is 1. The van der Waals surface area contributed by atoms with Crippen LogP contribution in [0.25, 0.3) is 0 Å². The van der Waals surface area contributed by atoms with E-state index in [0.29, 0.717) is 0 Å². The highest BCUT2D eigenvalue weighted by Crippen LogP contribution is 2.07. The van der Waals surface area contributed by atoms with Crippen LogP contribution in [0.2, 0.25) is 0 Å². The second-order valence-corrected chi connectivity index (χ2v) is 4.86. The summed E-state index contributed by atoms with van der Waals surface area (Å²) in [5.74, 6) is -0.471. The van der Waals surface area contributed by atoms with E-state index in [0.717, 1.165) is 0 Å². The molecule has 2 atom stereocenters. The Morgan fingerprint density at radius 3 is 2.35 bits per heavy atom. The summed E-state index contributed by atoms with van der Waals surface area (Å²) in [5, 5.41) is 11.8. The number of ether oxygens (including phenoxy) is 1. The van der Waals surface area contributed by atoms with Crippen molar-refractivity contribution in [2.24, 2.45) is 5.73 Å². The van der Waals surface area contributed by atoms with Crippen LogP contribution < -0.4 is 11.1 Å². The van der Waals surface area contributed by atoms with Crippen LogP contribution >= 0.6 is 0 Å². The normalized spacial score (nSPS) is 14.9. The molecule has 6 heteroatoms. The molecule has 6 nitrogen and oxygen atoms in total. The van der Waals surface area contributed by atoms with Gasteiger partial charge < -0.3 is 20.9 Å². The number of rotatable bonds is 5. The summed E-state index contributed by atoms with van der Waals surface area (Å²) >= 11 is 0. The summed E-state index contributed by atoms with van der Waals surface area (Å²) in [4.78, 5) is 22.9. The number of nitrogens with two attached hydrogens (primary N) is 1. The highest BCUT2D eigenvalue weighted by Gasteiger charge is 2.24. The minimum Gasteiger partial charge on any atom is -0.444 e. The van der Waals surface area contributed by atoms with Gasteiger partial charge in [0.2, 0.25) is 0 Å². The van der Waals surface area contributed by atoms with Crippen molar-refractivity contribution in [3.63, 3.8) is 0 Å². The van der Waals surface area contributed by atoms with E-state index in [2.05, 4.69) is 5.32 Å². The Bertz CT molecular complexity index is 273. The van der Waals surface area contributed by atoms with Crippen LogP contribution in [0.15, 0.2) is 0 Å². The van der Waals surface area contributed by atoms with E-state index in [1.165, 1.54) is 6.92 Å². The van der Waals surface area contributed by atoms with E-state index in [-0.39, 0.29) is 13.0 Å². The van der Waals surface area contributed by atoms with E-state index < -0.39 is 29.6 Å². The number of carbonyl (C=O) groups is 2. The molecular weight excluding hydrogens is 224 g/mol. The van der Waals surface area contributed by atoms with Gasteiger partial charge in [0.1, 0.15) is 11.7 Å². The first kappa shape index (κ1) is 15.9. The lowest BCUT2D eigenvalue weighted by Gasteiger charge is -2.22. The van der Waals surface area contributed by atoms with Crippen LogP contribution in [-0.2, 0) is 9.53 Å². The Hall–Kier alpha value is -1.14. The molecule has 0 aliphatic rings. The molecule has 1 unspecified atom stereocenters. The molecule has 0 saturated heterocycles. The van der Waals surface area contributed by atoms with Gasteiger partial charge >= 0.3 is 6.09 Å². The third-order valence-corrected chi connectivity index (χ3v) is 1.93. The molecule has 0 spiro atoms. The van der Waals surface area contributed by atoms with Crippen LogP contribution in [0.5, 0.6) is 0 Å². The predicted octanol–water partition coefficient (Wildman–Crippen LogP) is 0.178. The fourth-order valence-corrected chi connectivity index (χ4v) is 1.14. The van der Waals surface area contributed by atoms with Crippen molar-refractivity contribution in [1.29, 1.82) is 0 Å². The van der Waals surface area contributed by atoms with Crippen LogP contribution in [-0.4, -0.2) is 41.3 Å². The number of ketones is 1. The average molecular weight is 246 g/mol. The Morgan fingerprint density at radius 2 is 1.94 bits per heavy atom. The number of amides is 1. The largest absolute Gasteiger partial charge is 0.444 e. The maximum atomic E-state index is 11.6. The maximum Gasteiger partial charge on any atom is 0.408 e. The highest BCUT2D eigenvalue weighted by atomic mass is 16.6. The molecule has 0 bridgehead atoms. The second-order valence-electron chi connectivity index (χ2n) is 4.86. The van der Waals surface area contributed by atoms with E-state index >= 15 is 0 Å². The van der Waals surface area contributed by atoms with Gasteiger partial charge in [-0.25, -0.2) is 4.79 Å². The van der Waals surface area contributed by atoms with Crippen molar-refractivity contribution in [3.8, 4) is 0 Å². The van der Waals surface area contributed by atoms with E-state index in [9.17, 15) is 14.7 Å². The third-order valence-electron chi connectivity index (χ3n) is 1.93. The molecule has 0 aromatic heterocycles. The smallest absolute Gasteiger partial charge is 0.408 e. The molecule has 0 radical (unpaired) electrons. The molecule has 1 amide bonds. The fraction of sp³-hybridized carbons (Fsp3) is 0.818. The molecule has 0 rings (SSSR count). The quantitative estimate of drug-likeness (QED) is 0.642. The lowest BCUT2D eigenvalue weighted by molar-refractivity contribution is -0.129. The van der Waals surface area contributed by atoms with Crippen molar-refractivity contribution >= 4 is 11.9 Å². The number of aliphatic hydroxyl groups is 1. The van der Waals surface area contributed by atoms with Crippen molar-refractivity contribution in [2.45, 2.75) is 51.9 Å². The van der Waals surface area contributed by atoms with Gasteiger partial charge in [-0.2, -0.15) is 0 Å². The van der Waals surface area contributed by atoms with Crippen LogP contribution in [0.4, 0.5) is 4.79 Å². The van der Waals surface area contributed by atoms with Gasteiger partial charge in [-0.05, 0) is 40.7 Å². The zero-order chi connectivity index (χ0) is 13.6. The molecule has 100 valence electrons. The monoisotopic (exact) mass is 246 g/mol. The molecule has 0 aromatic rings. The Balaban J connectivity index is 4.21. The lowest BCUT2D eigenvalue weighted by atomic mass is 10.1. The van der Waals surface area contributed by atoms with Gasteiger partial charge in [0.15, 0.2) is 5.78 Å². The van der Waals surface area contributed by atoms with Crippen molar-refractivity contribution < 1.29 is 19.4 Å². The molecular formula is C11H22N2O4. The standard InChI is InChI=1S/C11H22N2O4/c1-7(9(15)8(14)5-6-12)13-10(16)17-11(2,3)4/h7-8,14H,5-6,12H2,1-4H3,(H,13,16)/t7-,8?/m1/s1. The summed E-state index contributed by atoms with van der Waals surface area (Å²) in [7, 11) is 0.